The summed E-state index contributed by atoms with van der Waals surface area (Å²) in [7, 11) is -1.63. The first-order chi connectivity index (χ1) is 11.5. The van der Waals surface area contributed by atoms with Gasteiger partial charge < -0.3 is 5.73 Å². The summed E-state index contributed by atoms with van der Waals surface area (Å²) in [4.78, 5) is 10.9. The number of nitrogens with two attached hydrogens (primary N) is 1. The van der Waals surface area contributed by atoms with E-state index in [0.717, 1.165) is 4.68 Å². The first kappa shape index (κ1) is 19.7. The fourth-order valence-electron chi connectivity index (χ4n) is 2.15. The van der Waals surface area contributed by atoms with Gasteiger partial charge in [-0.15, -0.1) is 0 Å². The molecule has 2 unspecified atom stereocenters. The summed E-state index contributed by atoms with van der Waals surface area (Å²) in [5.74, 6) is -0.158. The van der Waals surface area contributed by atoms with E-state index >= 15 is 0 Å². The lowest BCUT2D eigenvalue weighted by Gasteiger charge is -2.13. The molecule has 0 aliphatic heterocycles. The van der Waals surface area contributed by atoms with Crippen LogP contribution in [0.2, 0.25) is 10.0 Å². The first-order valence-electron chi connectivity index (χ1n) is 6.59. The third-order valence-electron chi connectivity index (χ3n) is 3.30. The van der Waals surface area contributed by atoms with Crippen LogP contribution in [-0.4, -0.2) is 20.2 Å². The third kappa shape index (κ3) is 3.65. The standard InChI is InChI=1S/C13H11Cl2F3N4O2S/c1-5(21-23)9-11(25(2)24)12(19)22(20-9)10-7(14)3-6(4-8(10)15)13(16,17)18/h3-5H,19H2,1-2H3. The van der Waals surface area contributed by atoms with Crippen molar-refractivity contribution < 1.29 is 17.4 Å². The molecule has 1 heterocycles. The van der Waals surface area contributed by atoms with Crippen molar-refractivity contribution in [3.8, 4) is 5.69 Å². The van der Waals surface area contributed by atoms with Crippen LogP contribution >= 0.6 is 23.2 Å². The van der Waals surface area contributed by atoms with Gasteiger partial charge in [-0.25, -0.2) is 4.68 Å². The molecule has 0 spiro atoms. The highest BCUT2D eigenvalue weighted by Gasteiger charge is 2.33. The number of nitrogen functional groups attached to an aromatic ring is 1. The van der Waals surface area contributed by atoms with Crippen LogP contribution in [0.1, 0.15) is 24.2 Å². The fraction of sp³-hybridized carbons (Fsp3) is 0.308. The number of nitrogens with zero attached hydrogens (tertiary/aromatic N) is 3. The highest BCUT2D eigenvalue weighted by molar-refractivity contribution is 7.84. The summed E-state index contributed by atoms with van der Waals surface area (Å²) >= 11 is 11.9. The van der Waals surface area contributed by atoms with Gasteiger partial charge in [0.05, 0.1) is 26.4 Å². The van der Waals surface area contributed by atoms with Gasteiger partial charge >= 0.3 is 6.18 Å². The maximum absolute atomic E-state index is 12.8. The summed E-state index contributed by atoms with van der Waals surface area (Å²) in [5, 5.41) is 6.13. The van der Waals surface area contributed by atoms with Gasteiger partial charge in [-0.1, -0.05) is 28.4 Å². The number of benzene rings is 1. The summed E-state index contributed by atoms with van der Waals surface area (Å²) in [6.45, 7) is 1.41. The van der Waals surface area contributed by atoms with E-state index in [1.54, 1.807) is 0 Å². The van der Waals surface area contributed by atoms with Crippen molar-refractivity contribution in [3.05, 3.63) is 38.3 Å². The Morgan fingerprint density at radius 3 is 2.24 bits per heavy atom. The van der Waals surface area contributed by atoms with Crippen LogP contribution < -0.4 is 5.73 Å². The summed E-state index contributed by atoms with van der Waals surface area (Å²) in [5.41, 5.74) is 4.78. The number of rotatable bonds is 4. The van der Waals surface area contributed by atoms with Gasteiger partial charge in [0, 0.05) is 6.26 Å². The fourth-order valence-corrected chi connectivity index (χ4v) is 3.69. The molecule has 2 N–H and O–H groups in total. The molecule has 25 heavy (non-hydrogen) atoms. The van der Waals surface area contributed by atoms with Crippen molar-refractivity contribution >= 4 is 39.8 Å². The van der Waals surface area contributed by atoms with Crippen molar-refractivity contribution in [1.29, 1.82) is 0 Å². The first-order valence-corrected chi connectivity index (χ1v) is 8.91. The molecule has 0 aliphatic rings. The van der Waals surface area contributed by atoms with Crippen LogP contribution in [-0.2, 0) is 17.0 Å². The predicted octanol–water partition coefficient (Wildman–Crippen LogP) is 4.34. The van der Waals surface area contributed by atoms with Gasteiger partial charge in [-0.3, -0.25) is 4.21 Å². The Morgan fingerprint density at radius 2 is 1.84 bits per heavy atom. The molecule has 2 aromatic rings. The largest absolute Gasteiger partial charge is 0.416 e. The molecule has 0 saturated carbocycles. The zero-order chi connectivity index (χ0) is 19.1. The van der Waals surface area contributed by atoms with E-state index in [1.807, 2.05) is 0 Å². The molecule has 2 rings (SSSR count). The zero-order valence-electron chi connectivity index (χ0n) is 12.8. The minimum absolute atomic E-state index is 0.0281. The van der Waals surface area contributed by atoms with E-state index in [4.69, 9.17) is 28.9 Å². The Hall–Kier alpha value is -1.65. The Balaban J connectivity index is 2.75. The normalized spacial score (nSPS) is 14.4. The Bertz CT molecular complexity index is 847. The Morgan fingerprint density at radius 1 is 1.32 bits per heavy atom. The molecule has 1 aromatic carbocycles. The lowest BCUT2D eigenvalue weighted by atomic mass is 10.2. The Labute approximate surface area is 152 Å². The van der Waals surface area contributed by atoms with E-state index < -0.39 is 28.6 Å². The van der Waals surface area contributed by atoms with Gasteiger partial charge in [0.1, 0.15) is 28.1 Å². The van der Waals surface area contributed by atoms with Crippen LogP contribution in [0.4, 0.5) is 19.0 Å². The van der Waals surface area contributed by atoms with Crippen molar-refractivity contribution in [2.75, 3.05) is 12.0 Å². The molecule has 2 atom stereocenters. The summed E-state index contributed by atoms with van der Waals surface area (Å²) < 4.78 is 51.4. The smallest absolute Gasteiger partial charge is 0.383 e. The second-order valence-electron chi connectivity index (χ2n) is 5.03. The SMILES string of the molecule is CC(N=O)c1nn(-c2c(Cl)cc(C(F)(F)F)cc2Cl)c(N)c1S(C)=O. The quantitative estimate of drug-likeness (QED) is 0.752. The minimum Gasteiger partial charge on any atom is -0.383 e. The number of hydrogen-bond acceptors (Lipinski definition) is 5. The maximum atomic E-state index is 12.8. The Kier molecular flexibility index (Phi) is 5.45. The monoisotopic (exact) mass is 414 g/mol. The van der Waals surface area contributed by atoms with Crippen LogP contribution in [0.25, 0.3) is 5.69 Å². The van der Waals surface area contributed by atoms with Crippen molar-refractivity contribution in [1.82, 2.24) is 9.78 Å². The van der Waals surface area contributed by atoms with Gasteiger partial charge in [-0.2, -0.15) is 23.2 Å². The molecule has 0 fully saturated rings. The highest BCUT2D eigenvalue weighted by atomic mass is 35.5. The van der Waals surface area contributed by atoms with Crippen LogP contribution in [0, 0.1) is 4.91 Å². The average Bonchev–Trinajstić information content (AvgIpc) is 2.82. The van der Waals surface area contributed by atoms with Crippen molar-refractivity contribution in [2.24, 2.45) is 5.18 Å². The molecular weight excluding hydrogens is 404 g/mol. The molecule has 0 aliphatic carbocycles. The molecule has 0 bridgehead atoms. The molecule has 0 saturated heterocycles. The molecular formula is C13H11Cl2F3N4O2S. The summed E-state index contributed by atoms with van der Waals surface area (Å²) in [6, 6.07) is 0.371. The second kappa shape index (κ2) is 6.93. The molecule has 6 nitrogen and oxygen atoms in total. The van der Waals surface area contributed by atoms with E-state index in [1.165, 1.54) is 13.2 Å². The van der Waals surface area contributed by atoms with Gasteiger partial charge in [0.25, 0.3) is 0 Å². The number of hydrogen-bond donors (Lipinski definition) is 1. The minimum atomic E-state index is -4.64. The van der Waals surface area contributed by atoms with Crippen LogP contribution in [0.5, 0.6) is 0 Å². The number of aromatic nitrogens is 2. The predicted molar refractivity (Wildman–Crippen MR) is 89.5 cm³/mol. The molecule has 12 heteroatoms. The van der Waals surface area contributed by atoms with E-state index in [0.29, 0.717) is 12.1 Å². The van der Waals surface area contributed by atoms with Crippen molar-refractivity contribution in [3.63, 3.8) is 0 Å². The van der Waals surface area contributed by atoms with Gasteiger partial charge in [0.15, 0.2) is 0 Å². The topological polar surface area (TPSA) is 90.3 Å². The van der Waals surface area contributed by atoms with E-state index in [2.05, 4.69) is 10.3 Å². The lowest BCUT2D eigenvalue weighted by Crippen LogP contribution is -2.09. The third-order valence-corrected chi connectivity index (χ3v) is 4.87. The maximum Gasteiger partial charge on any atom is 0.416 e. The average molecular weight is 415 g/mol. The van der Waals surface area contributed by atoms with Crippen LogP contribution in [0.15, 0.2) is 22.2 Å². The number of nitroso groups, excluding NO2 is 1. The highest BCUT2D eigenvalue weighted by Crippen LogP contribution is 2.39. The number of alkyl halides is 3. The summed E-state index contributed by atoms with van der Waals surface area (Å²) in [6.07, 6.45) is -3.33. The molecule has 1 aromatic heterocycles. The van der Waals surface area contributed by atoms with Crippen LogP contribution in [0.3, 0.4) is 0 Å². The number of anilines is 1. The van der Waals surface area contributed by atoms with Gasteiger partial charge in [0.2, 0.25) is 0 Å². The molecule has 0 amide bonds. The van der Waals surface area contributed by atoms with E-state index in [-0.39, 0.29) is 32.1 Å². The van der Waals surface area contributed by atoms with Crippen molar-refractivity contribution in [2.45, 2.75) is 24.0 Å². The molecule has 0 radical (unpaired) electrons. The second-order valence-corrected chi connectivity index (χ2v) is 7.16. The lowest BCUT2D eigenvalue weighted by molar-refractivity contribution is -0.137. The number of halogens is 5. The van der Waals surface area contributed by atoms with E-state index in [9.17, 15) is 22.3 Å². The zero-order valence-corrected chi connectivity index (χ0v) is 15.1. The van der Waals surface area contributed by atoms with Gasteiger partial charge in [-0.05, 0) is 19.1 Å². The molecule has 136 valence electrons.